The zero-order chi connectivity index (χ0) is 17.9. The molecule has 2 aromatic rings. The Morgan fingerprint density at radius 3 is 2.71 bits per heavy atom. The predicted octanol–water partition coefficient (Wildman–Crippen LogP) is 2.83. The van der Waals surface area contributed by atoms with Gasteiger partial charge in [0.2, 0.25) is 5.91 Å². The van der Waals surface area contributed by atoms with E-state index in [1.165, 1.54) is 21.8 Å². The van der Waals surface area contributed by atoms with Crippen LogP contribution >= 0.6 is 11.6 Å². The van der Waals surface area contributed by atoms with E-state index < -0.39 is 17.9 Å². The Kier molecular flexibility index (Phi) is 5.53. The van der Waals surface area contributed by atoms with Gasteiger partial charge >= 0.3 is 6.18 Å². The number of nitrogens with zero attached hydrogens (tertiary/aromatic N) is 4. The van der Waals surface area contributed by atoms with Gasteiger partial charge in [-0.2, -0.15) is 23.4 Å². The average molecular weight is 364 g/mol. The van der Waals surface area contributed by atoms with Crippen LogP contribution in [0.3, 0.4) is 0 Å². The molecule has 0 spiro atoms. The molecule has 0 aromatic carbocycles. The second kappa shape index (κ2) is 7.25. The minimum Gasteiger partial charge on any atom is -0.354 e. The summed E-state index contributed by atoms with van der Waals surface area (Å²) in [4.78, 5) is 12.0. The third-order valence-corrected chi connectivity index (χ3v) is 3.66. The first-order chi connectivity index (χ1) is 11.2. The first-order valence-electron chi connectivity index (χ1n) is 7.27. The summed E-state index contributed by atoms with van der Waals surface area (Å²) in [5.41, 5.74) is -0.485. The fourth-order valence-corrected chi connectivity index (χ4v) is 2.25. The van der Waals surface area contributed by atoms with Gasteiger partial charge in [-0.05, 0) is 26.3 Å². The van der Waals surface area contributed by atoms with Crippen LogP contribution in [-0.4, -0.2) is 32.0 Å². The highest BCUT2D eigenvalue weighted by molar-refractivity contribution is 6.30. The van der Waals surface area contributed by atoms with E-state index in [4.69, 9.17) is 11.6 Å². The highest BCUT2D eigenvalue weighted by Gasteiger charge is 2.34. The lowest BCUT2D eigenvalue weighted by molar-refractivity contribution is -0.141. The van der Waals surface area contributed by atoms with Crippen molar-refractivity contribution in [1.29, 1.82) is 0 Å². The number of rotatable bonds is 6. The van der Waals surface area contributed by atoms with E-state index in [0.29, 0.717) is 23.7 Å². The third kappa shape index (κ3) is 4.50. The standard InChI is InChI=1S/C14H17ClF3N5O/c1-9-6-12(14(16,17)18)21-22(9)5-3-4-19-13(24)10(2)23-8-11(15)7-20-23/h6-8,10H,3-5H2,1-2H3,(H,19,24). The lowest BCUT2D eigenvalue weighted by Crippen LogP contribution is -2.32. The minimum absolute atomic E-state index is 0.247. The molecule has 1 amide bonds. The highest BCUT2D eigenvalue weighted by atomic mass is 35.5. The van der Waals surface area contributed by atoms with Gasteiger partial charge in [0.25, 0.3) is 0 Å². The van der Waals surface area contributed by atoms with Crippen molar-refractivity contribution in [3.05, 3.63) is 34.9 Å². The molecule has 0 aliphatic rings. The van der Waals surface area contributed by atoms with Gasteiger partial charge in [0.1, 0.15) is 6.04 Å². The number of aromatic nitrogens is 4. The maximum atomic E-state index is 12.6. The SMILES string of the molecule is Cc1cc(C(F)(F)F)nn1CCCNC(=O)C(C)n1cc(Cl)cn1. The molecule has 1 N–H and O–H groups in total. The maximum absolute atomic E-state index is 12.6. The zero-order valence-corrected chi connectivity index (χ0v) is 13.9. The fourth-order valence-electron chi connectivity index (χ4n) is 2.11. The Labute approximate surface area is 141 Å². The van der Waals surface area contributed by atoms with Crippen molar-refractivity contribution >= 4 is 17.5 Å². The van der Waals surface area contributed by atoms with Gasteiger partial charge in [-0.25, -0.2) is 0 Å². The summed E-state index contributed by atoms with van der Waals surface area (Å²) in [7, 11) is 0. The molecular weight excluding hydrogens is 347 g/mol. The van der Waals surface area contributed by atoms with Crippen molar-refractivity contribution < 1.29 is 18.0 Å². The molecule has 0 bridgehead atoms. The lowest BCUT2D eigenvalue weighted by atomic mass is 10.3. The van der Waals surface area contributed by atoms with Gasteiger partial charge in [-0.3, -0.25) is 14.2 Å². The molecule has 6 nitrogen and oxygen atoms in total. The van der Waals surface area contributed by atoms with Crippen molar-refractivity contribution in [2.45, 2.75) is 39.0 Å². The smallest absolute Gasteiger partial charge is 0.354 e. The van der Waals surface area contributed by atoms with Crippen LogP contribution in [0.15, 0.2) is 18.5 Å². The Morgan fingerprint density at radius 1 is 1.46 bits per heavy atom. The molecule has 0 fully saturated rings. The molecule has 0 radical (unpaired) electrons. The van der Waals surface area contributed by atoms with Crippen LogP contribution in [0, 0.1) is 6.92 Å². The summed E-state index contributed by atoms with van der Waals surface area (Å²) in [6.07, 6.45) is -1.02. The largest absolute Gasteiger partial charge is 0.435 e. The van der Waals surface area contributed by atoms with Crippen LogP contribution in [-0.2, 0) is 17.5 Å². The van der Waals surface area contributed by atoms with E-state index in [2.05, 4.69) is 15.5 Å². The molecule has 1 unspecified atom stereocenters. The number of amides is 1. The second-order valence-electron chi connectivity index (χ2n) is 5.35. The maximum Gasteiger partial charge on any atom is 0.435 e. The highest BCUT2D eigenvalue weighted by Crippen LogP contribution is 2.28. The van der Waals surface area contributed by atoms with Crippen molar-refractivity contribution in [1.82, 2.24) is 24.9 Å². The van der Waals surface area contributed by atoms with Crippen LogP contribution in [0.5, 0.6) is 0 Å². The van der Waals surface area contributed by atoms with E-state index in [-0.39, 0.29) is 12.5 Å². The van der Waals surface area contributed by atoms with E-state index in [0.717, 1.165) is 6.07 Å². The van der Waals surface area contributed by atoms with Gasteiger partial charge in [-0.15, -0.1) is 0 Å². The molecule has 1 atom stereocenters. The van der Waals surface area contributed by atoms with Crippen molar-refractivity contribution in [2.24, 2.45) is 0 Å². The fraction of sp³-hybridized carbons (Fsp3) is 0.500. The molecule has 2 rings (SSSR count). The van der Waals surface area contributed by atoms with Crippen LogP contribution < -0.4 is 5.32 Å². The van der Waals surface area contributed by atoms with Crippen molar-refractivity contribution in [2.75, 3.05) is 6.54 Å². The minimum atomic E-state index is -4.45. The van der Waals surface area contributed by atoms with Gasteiger partial charge in [0.15, 0.2) is 5.69 Å². The number of alkyl halides is 3. The summed E-state index contributed by atoms with van der Waals surface area (Å²) in [6, 6.07) is 0.475. The molecule has 0 saturated heterocycles. The van der Waals surface area contributed by atoms with Crippen molar-refractivity contribution in [3.63, 3.8) is 0 Å². The van der Waals surface area contributed by atoms with Crippen LogP contribution in [0.1, 0.15) is 30.8 Å². The molecule has 0 saturated carbocycles. The van der Waals surface area contributed by atoms with Gasteiger partial charge < -0.3 is 5.32 Å². The number of halogens is 4. The van der Waals surface area contributed by atoms with Gasteiger partial charge in [-0.1, -0.05) is 11.6 Å². The predicted molar refractivity (Wildman–Crippen MR) is 81.5 cm³/mol. The molecule has 0 aliphatic carbocycles. The van der Waals surface area contributed by atoms with Gasteiger partial charge in [0.05, 0.1) is 11.2 Å². The number of carbonyl (C=O) groups is 1. The quantitative estimate of drug-likeness (QED) is 0.803. The average Bonchev–Trinajstić information content (AvgIpc) is 3.08. The second-order valence-corrected chi connectivity index (χ2v) is 5.79. The first kappa shape index (κ1) is 18.3. The lowest BCUT2D eigenvalue weighted by Gasteiger charge is -2.12. The monoisotopic (exact) mass is 363 g/mol. The van der Waals surface area contributed by atoms with Crippen molar-refractivity contribution in [3.8, 4) is 0 Å². The number of aryl methyl sites for hydroxylation is 2. The Morgan fingerprint density at radius 2 is 2.17 bits per heavy atom. The molecule has 2 aromatic heterocycles. The van der Waals surface area contributed by atoms with E-state index >= 15 is 0 Å². The Hall–Kier alpha value is -2.03. The number of hydrogen-bond donors (Lipinski definition) is 1. The van der Waals surface area contributed by atoms with Crippen LogP contribution in [0.2, 0.25) is 5.02 Å². The molecular formula is C14H17ClF3N5O. The summed E-state index contributed by atoms with van der Waals surface area (Å²) in [5, 5.41) is 10.6. The number of hydrogen-bond acceptors (Lipinski definition) is 3. The zero-order valence-electron chi connectivity index (χ0n) is 13.1. The Bertz CT molecular complexity index is 710. The Balaban J connectivity index is 1.81. The van der Waals surface area contributed by atoms with Crippen LogP contribution in [0.25, 0.3) is 0 Å². The van der Waals surface area contributed by atoms with Crippen LogP contribution in [0.4, 0.5) is 13.2 Å². The number of nitrogens with one attached hydrogen (secondary N) is 1. The molecule has 132 valence electrons. The first-order valence-corrected chi connectivity index (χ1v) is 7.65. The molecule has 2 heterocycles. The third-order valence-electron chi connectivity index (χ3n) is 3.46. The molecule has 0 aliphatic heterocycles. The van der Waals surface area contributed by atoms with E-state index in [1.807, 2.05) is 0 Å². The van der Waals surface area contributed by atoms with Gasteiger partial charge in [0, 0.05) is 25.0 Å². The summed E-state index contributed by atoms with van der Waals surface area (Å²) >= 11 is 5.75. The number of carbonyl (C=O) groups excluding carboxylic acids is 1. The molecule has 24 heavy (non-hydrogen) atoms. The summed E-state index contributed by atoms with van der Waals surface area (Å²) < 4.78 is 40.4. The van der Waals surface area contributed by atoms with E-state index in [9.17, 15) is 18.0 Å². The summed E-state index contributed by atoms with van der Waals surface area (Å²) in [5.74, 6) is -0.247. The summed E-state index contributed by atoms with van der Waals surface area (Å²) in [6.45, 7) is 3.83. The molecule has 10 heteroatoms. The topological polar surface area (TPSA) is 64.7 Å². The normalized spacial score (nSPS) is 13.1. The van der Waals surface area contributed by atoms with E-state index in [1.54, 1.807) is 13.8 Å².